The first-order valence-electron chi connectivity index (χ1n) is 8.60. The molecule has 0 aliphatic rings. The van der Waals surface area contributed by atoms with Crippen molar-refractivity contribution in [2.45, 2.75) is 6.92 Å². The third-order valence-corrected chi connectivity index (χ3v) is 4.63. The molecule has 3 aromatic carbocycles. The van der Waals surface area contributed by atoms with Crippen LogP contribution >= 0.6 is 0 Å². The summed E-state index contributed by atoms with van der Waals surface area (Å²) in [7, 11) is 0. The van der Waals surface area contributed by atoms with E-state index in [0.29, 0.717) is 5.57 Å². The third-order valence-electron chi connectivity index (χ3n) is 4.63. The number of rotatable bonds is 3. The number of aryl methyl sites for hydroxylation is 1. The Morgan fingerprint density at radius 1 is 0.885 bits per heavy atom. The van der Waals surface area contributed by atoms with Crippen molar-refractivity contribution < 1.29 is 0 Å². The van der Waals surface area contributed by atoms with Crippen molar-refractivity contribution in [2.75, 3.05) is 0 Å². The number of para-hydroxylation sites is 1. The monoisotopic (exact) mass is 334 g/mol. The molecule has 0 N–H and O–H groups in total. The maximum absolute atomic E-state index is 9.74. The van der Waals surface area contributed by atoms with Crippen molar-refractivity contribution in [1.82, 2.24) is 4.57 Å². The number of benzene rings is 3. The molecule has 4 aromatic rings. The van der Waals surface area contributed by atoms with Crippen molar-refractivity contribution in [1.29, 1.82) is 5.26 Å². The molecule has 4 rings (SSSR count). The van der Waals surface area contributed by atoms with Crippen LogP contribution in [0.25, 0.3) is 28.1 Å². The zero-order chi connectivity index (χ0) is 17.9. The normalized spacial score (nSPS) is 11.5. The van der Waals surface area contributed by atoms with Gasteiger partial charge in [0, 0.05) is 17.6 Å². The molecular weight excluding hydrogens is 316 g/mol. The van der Waals surface area contributed by atoms with Crippen LogP contribution in [-0.2, 0) is 0 Å². The third kappa shape index (κ3) is 2.92. The van der Waals surface area contributed by atoms with E-state index in [0.717, 1.165) is 22.3 Å². The van der Waals surface area contributed by atoms with Crippen LogP contribution < -0.4 is 0 Å². The second kappa shape index (κ2) is 6.74. The fourth-order valence-corrected chi connectivity index (χ4v) is 3.25. The molecule has 0 aliphatic heterocycles. The Kier molecular flexibility index (Phi) is 4.13. The van der Waals surface area contributed by atoms with Gasteiger partial charge in [0.15, 0.2) is 0 Å². The highest BCUT2D eigenvalue weighted by atomic mass is 15.0. The van der Waals surface area contributed by atoms with E-state index in [1.54, 1.807) is 0 Å². The van der Waals surface area contributed by atoms with Crippen LogP contribution in [0, 0.1) is 18.3 Å². The number of aromatic nitrogens is 1. The average molecular weight is 334 g/mol. The van der Waals surface area contributed by atoms with Gasteiger partial charge in [0.25, 0.3) is 0 Å². The lowest BCUT2D eigenvalue weighted by molar-refractivity contribution is 1.04. The van der Waals surface area contributed by atoms with Crippen LogP contribution in [0.2, 0.25) is 0 Å². The molecule has 2 nitrogen and oxygen atoms in total. The maximum Gasteiger partial charge on any atom is 0.0998 e. The standard InChI is InChI=1S/C24H18N2/c1-18-7-2-5-11-24(18)26-14-6-10-23(26)16-22(17-25)21-13-12-19-8-3-4-9-20(19)15-21/h2-16H,1H3. The van der Waals surface area contributed by atoms with Gasteiger partial charge < -0.3 is 4.57 Å². The van der Waals surface area contributed by atoms with Crippen molar-refractivity contribution in [3.63, 3.8) is 0 Å². The first kappa shape index (κ1) is 15.9. The first-order chi connectivity index (χ1) is 12.8. The Bertz CT molecular complexity index is 1160. The van der Waals surface area contributed by atoms with E-state index in [1.807, 2.05) is 54.7 Å². The van der Waals surface area contributed by atoms with Gasteiger partial charge in [-0.05, 0) is 59.2 Å². The molecule has 2 heteroatoms. The van der Waals surface area contributed by atoms with Crippen LogP contribution in [0.4, 0.5) is 0 Å². The molecule has 1 heterocycles. The topological polar surface area (TPSA) is 28.7 Å². The second-order valence-electron chi connectivity index (χ2n) is 6.32. The molecule has 0 atom stereocenters. The molecule has 0 spiro atoms. The Morgan fingerprint density at radius 3 is 2.46 bits per heavy atom. The molecule has 0 bridgehead atoms. The van der Waals surface area contributed by atoms with Gasteiger partial charge in [-0.1, -0.05) is 54.6 Å². The number of hydrogen-bond acceptors (Lipinski definition) is 1. The summed E-state index contributed by atoms with van der Waals surface area (Å²) in [6.07, 6.45) is 3.99. The Labute approximate surface area is 153 Å². The van der Waals surface area contributed by atoms with E-state index < -0.39 is 0 Å². The number of allylic oxidation sites excluding steroid dienone is 1. The molecule has 0 aliphatic carbocycles. The van der Waals surface area contributed by atoms with Gasteiger partial charge in [-0.15, -0.1) is 0 Å². The molecule has 0 radical (unpaired) electrons. The molecule has 0 saturated heterocycles. The minimum Gasteiger partial charge on any atom is -0.317 e. The molecule has 26 heavy (non-hydrogen) atoms. The van der Waals surface area contributed by atoms with Gasteiger partial charge in [-0.2, -0.15) is 5.26 Å². The van der Waals surface area contributed by atoms with E-state index in [9.17, 15) is 5.26 Å². The maximum atomic E-state index is 9.74. The van der Waals surface area contributed by atoms with Gasteiger partial charge >= 0.3 is 0 Å². The number of fused-ring (bicyclic) bond motifs is 1. The lowest BCUT2D eigenvalue weighted by Crippen LogP contribution is -1.97. The lowest BCUT2D eigenvalue weighted by atomic mass is 10.0. The Hall–Kier alpha value is -3.57. The summed E-state index contributed by atoms with van der Waals surface area (Å²) >= 11 is 0. The molecule has 0 amide bonds. The summed E-state index contributed by atoms with van der Waals surface area (Å²) in [5.41, 5.74) is 4.90. The zero-order valence-electron chi connectivity index (χ0n) is 14.6. The van der Waals surface area contributed by atoms with Crippen LogP contribution in [0.1, 0.15) is 16.8 Å². The van der Waals surface area contributed by atoms with Crippen molar-refractivity contribution >= 4 is 22.4 Å². The molecule has 124 valence electrons. The van der Waals surface area contributed by atoms with E-state index in [-0.39, 0.29) is 0 Å². The zero-order valence-corrected chi connectivity index (χ0v) is 14.6. The number of nitriles is 1. The van der Waals surface area contributed by atoms with Gasteiger partial charge in [-0.3, -0.25) is 0 Å². The highest BCUT2D eigenvalue weighted by Crippen LogP contribution is 2.24. The summed E-state index contributed by atoms with van der Waals surface area (Å²) in [5, 5.41) is 12.1. The van der Waals surface area contributed by atoms with Crippen LogP contribution in [0.15, 0.2) is 85.1 Å². The molecule has 0 fully saturated rings. The SMILES string of the molecule is Cc1ccccc1-n1cccc1C=C(C#N)c1ccc2ccccc2c1. The number of nitrogens with zero attached hydrogens (tertiary/aromatic N) is 2. The van der Waals surface area contributed by atoms with Crippen molar-refractivity contribution in [2.24, 2.45) is 0 Å². The molecule has 0 saturated carbocycles. The highest BCUT2D eigenvalue weighted by Gasteiger charge is 2.07. The van der Waals surface area contributed by atoms with Crippen molar-refractivity contribution in [3.05, 3.63) is 102 Å². The highest BCUT2D eigenvalue weighted by molar-refractivity contribution is 5.94. The summed E-state index contributed by atoms with van der Waals surface area (Å²) in [6.45, 7) is 2.09. The summed E-state index contributed by atoms with van der Waals surface area (Å²) in [6, 6.07) is 29.0. The predicted molar refractivity (Wildman–Crippen MR) is 108 cm³/mol. The fourth-order valence-electron chi connectivity index (χ4n) is 3.25. The summed E-state index contributed by atoms with van der Waals surface area (Å²) in [4.78, 5) is 0. The summed E-state index contributed by atoms with van der Waals surface area (Å²) < 4.78 is 2.12. The predicted octanol–water partition coefficient (Wildman–Crippen LogP) is 6.00. The van der Waals surface area contributed by atoms with Crippen LogP contribution in [0.3, 0.4) is 0 Å². The largest absolute Gasteiger partial charge is 0.317 e. The molecule has 1 aromatic heterocycles. The fraction of sp³-hybridized carbons (Fsp3) is 0.0417. The Balaban J connectivity index is 1.81. The van der Waals surface area contributed by atoms with Gasteiger partial charge in [0.2, 0.25) is 0 Å². The van der Waals surface area contributed by atoms with E-state index >= 15 is 0 Å². The van der Waals surface area contributed by atoms with Gasteiger partial charge in [0.1, 0.15) is 0 Å². The van der Waals surface area contributed by atoms with E-state index in [4.69, 9.17) is 0 Å². The molecule has 0 unspecified atom stereocenters. The van der Waals surface area contributed by atoms with Crippen LogP contribution in [-0.4, -0.2) is 4.57 Å². The number of hydrogen-bond donors (Lipinski definition) is 0. The smallest absolute Gasteiger partial charge is 0.0998 e. The van der Waals surface area contributed by atoms with Gasteiger partial charge in [-0.25, -0.2) is 0 Å². The Morgan fingerprint density at radius 2 is 1.65 bits per heavy atom. The first-order valence-corrected chi connectivity index (χ1v) is 8.60. The minimum atomic E-state index is 0.657. The second-order valence-corrected chi connectivity index (χ2v) is 6.32. The minimum absolute atomic E-state index is 0.657. The van der Waals surface area contributed by atoms with E-state index in [2.05, 4.69) is 54.0 Å². The van der Waals surface area contributed by atoms with Gasteiger partial charge in [0.05, 0.1) is 11.6 Å². The average Bonchev–Trinajstić information content (AvgIpc) is 3.14. The lowest BCUT2D eigenvalue weighted by Gasteiger charge is -2.10. The summed E-state index contributed by atoms with van der Waals surface area (Å²) in [5.74, 6) is 0. The molecular formula is C24H18N2. The van der Waals surface area contributed by atoms with Crippen LogP contribution in [0.5, 0.6) is 0 Å². The van der Waals surface area contributed by atoms with E-state index in [1.165, 1.54) is 10.9 Å². The quantitative estimate of drug-likeness (QED) is 0.422. The van der Waals surface area contributed by atoms with Crippen molar-refractivity contribution in [3.8, 4) is 11.8 Å².